The molecule has 2 rings (SSSR count). The van der Waals surface area contributed by atoms with Gasteiger partial charge in [0.05, 0.1) is 44.2 Å². The van der Waals surface area contributed by atoms with E-state index in [1.54, 1.807) is 41.1 Å². The van der Waals surface area contributed by atoms with Crippen LogP contribution in [-0.4, -0.2) is 146 Å². The normalized spacial score (nSPS) is 31.9. The Kier molecular flexibility index (Phi) is 27.7. The molecule has 1 amide bonds. The smallest absolute Gasteiger partial charge is 0.329 e. The van der Waals surface area contributed by atoms with Crippen LogP contribution < -0.4 is 0 Å². The van der Waals surface area contributed by atoms with E-state index in [9.17, 15) is 39.3 Å². The highest BCUT2D eigenvalue weighted by molar-refractivity contribution is 6.39. The fourth-order valence-corrected chi connectivity index (χ4v) is 9.17. The quantitative estimate of drug-likeness (QED) is 0.0875. The van der Waals surface area contributed by atoms with E-state index in [0.29, 0.717) is 44.1 Å². The molecule has 0 radical (unpaired) electrons. The molecule has 1 saturated heterocycles. The number of ketones is 3. The lowest BCUT2D eigenvalue weighted by Crippen LogP contribution is -2.57. The number of fused-ring (bicyclic) bond motifs is 1. The molecule has 0 aliphatic carbocycles. The molecule has 2 aliphatic rings. The average Bonchev–Trinajstić information content (AvgIpc) is 3.33. The summed E-state index contributed by atoms with van der Waals surface area (Å²) in [6.07, 6.45) is 10.3. The first-order valence-electron chi connectivity index (χ1n) is 24.9. The zero-order valence-electron chi connectivity index (χ0n) is 43.3. The number of nitrogens with zero attached hydrogens (tertiary/aromatic N) is 1. The lowest BCUT2D eigenvalue weighted by molar-refractivity contribution is -0.229. The van der Waals surface area contributed by atoms with Crippen LogP contribution in [0.5, 0.6) is 0 Å². The van der Waals surface area contributed by atoms with E-state index in [1.807, 2.05) is 71.9 Å². The van der Waals surface area contributed by atoms with Gasteiger partial charge in [0.15, 0.2) is 11.6 Å². The van der Waals surface area contributed by atoms with Crippen LogP contribution in [0.4, 0.5) is 0 Å². The van der Waals surface area contributed by atoms with E-state index in [0.717, 1.165) is 12.0 Å². The van der Waals surface area contributed by atoms with Gasteiger partial charge in [-0.05, 0) is 87.7 Å². The SMILES string of the molecule is CCC1CC(OC)C(C)=CC=CC=C[C@@H](C)C[C@@H](C)C(=O)C(OC)[C@H](O)C(C)/C=C(/C)C(=O)CC([C@@H](C)C[C@H](CC)C[C@@H](COCCO)OC)OC(=O)[C@@H]2CCCCN2C(=O)C(=O)C(O)(CC)O1. The summed E-state index contributed by atoms with van der Waals surface area (Å²) in [5.41, 5.74) is 1.16. The fourth-order valence-electron chi connectivity index (χ4n) is 9.17. The third-order valence-corrected chi connectivity index (χ3v) is 13.8. The minimum atomic E-state index is -2.48. The number of ether oxygens (including phenoxy) is 6. The molecule has 2 heterocycles. The van der Waals surface area contributed by atoms with Crippen molar-refractivity contribution >= 4 is 29.2 Å². The van der Waals surface area contributed by atoms with Crippen molar-refractivity contribution in [3.63, 3.8) is 0 Å². The van der Waals surface area contributed by atoms with Gasteiger partial charge in [-0.15, -0.1) is 0 Å². The largest absolute Gasteiger partial charge is 0.460 e. The molecule has 1 fully saturated rings. The number of piperidine rings is 1. The Bertz CT molecular complexity index is 1710. The Morgan fingerprint density at radius 1 is 0.941 bits per heavy atom. The fraction of sp³-hybridized carbons (Fsp3) is 0.755. The summed E-state index contributed by atoms with van der Waals surface area (Å²) in [5.74, 6) is -7.50. The summed E-state index contributed by atoms with van der Waals surface area (Å²) >= 11 is 0. The average molecular weight is 962 g/mol. The first-order valence-corrected chi connectivity index (χ1v) is 24.9. The molecule has 15 heteroatoms. The van der Waals surface area contributed by atoms with Crippen LogP contribution in [0.15, 0.2) is 47.6 Å². The third-order valence-electron chi connectivity index (χ3n) is 13.8. The predicted octanol–water partition coefficient (Wildman–Crippen LogP) is 6.83. The Balaban J connectivity index is 2.67. The van der Waals surface area contributed by atoms with Gasteiger partial charge in [-0.1, -0.05) is 91.3 Å². The van der Waals surface area contributed by atoms with Crippen LogP contribution in [0.25, 0.3) is 0 Å². The van der Waals surface area contributed by atoms with Crippen molar-refractivity contribution in [1.29, 1.82) is 0 Å². The Morgan fingerprint density at radius 2 is 1.65 bits per heavy atom. The molecule has 0 aromatic heterocycles. The molecule has 388 valence electrons. The number of methoxy groups -OCH3 is 3. The zero-order valence-corrected chi connectivity index (χ0v) is 43.3. The second-order valence-electron chi connectivity index (χ2n) is 19.1. The maximum absolute atomic E-state index is 14.4. The van der Waals surface area contributed by atoms with E-state index < -0.39 is 71.8 Å². The summed E-state index contributed by atoms with van der Waals surface area (Å²) in [4.78, 5) is 71.8. The Labute approximate surface area is 407 Å². The second-order valence-corrected chi connectivity index (χ2v) is 19.1. The molecule has 13 atom stereocenters. The van der Waals surface area contributed by atoms with E-state index in [1.165, 1.54) is 12.0 Å². The van der Waals surface area contributed by atoms with Crippen molar-refractivity contribution in [2.24, 2.45) is 29.6 Å². The van der Waals surface area contributed by atoms with Crippen LogP contribution >= 0.6 is 0 Å². The minimum absolute atomic E-state index is 0.0118. The van der Waals surface area contributed by atoms with Crippen molar-refractivity contribution in [2.75, 3.05) is 47.7 Å². The number of Topliss-reactive ketones (excluding diaryl/α,β-unsaturated/α-hetero) is 3. The molecule has 15 nitrogen and oxygen atoms in total. The Hall–Kier alpha value is -3.41. The third kappa shape index (κ3) is 18.7. The number of carbonyl (C=O) groups excluding carboxylic acids is 5. The number of aliphatic hydroxyl groups excluding tert-OH is 2. The van der Waals surface area contributed by atoms with Gasteiger partial charge in [0, 0.05) is 59.0 Å². The van der Waals surface area contributed by atoms with Crippen LogP contribution in [0.1, 0.15) is 133 Å². The monoisotopic (exact) mass is 962 g/mol. The van der Waals surface area contributed by atoms with Gasteiger partial charge >= 0.3 is 5.97 Å². The molecule has 0 aromatic rings. The van der Waals surface area contributed by atoms with E-state index in [-0.39, 0.29) is 87.5 Å². The van der Waals surface area contributed by atoms with Crippen LogP contribution in [0.3, 0.4) is 0 Å². The number of allylic oxidation sites excluding steroid dienone is 6. The van der Waals surface area contributed by atoms with Crippen molar-refractivity contribution < 1.29 is 67.7 Å². The number of esters is 1. The van der Waals surface area contributed by atoms with Gasteiger partial charge in [0.1, 0.15) is 18.2 Å². The van der Waals surface area contributed by atoms with Gasteiger partial charge in [0.25, 0.3) is 11.7 Å². The number of cyclic esters (lactones) is 1. The highest BCUT2D eigenvalue weighted by Crippen LogP contribution is 2.31. The van der Waals surface area contributed by atoms with E-state index >= 15 is 0 Å². The Morgan fingerprint density at radius 3 is 2.25 bits per heavy atom. The molecule has 0 spiro atoms. The lowest BCUT2D eigenvalue weighted by Gasteiger charge is -2.37. The maximum Gasteiger partial charge on any atom is 0.329 e. The number of aliphatic hydroxyl groups is 3. The molecular weight excluding hydrogens is 875 g/mol. The molecule has 0 bridgehead atoms. The summed E-state index contributed by atoms with van der Waals surface area (Å²) in [5, 5.41) is 32.5. The maximum atomic E-state index is 14.4. The van der Waals surface area contributed by atoms with E-state index in [4.69, 9.17) is 28.4 Å². The second kappa shape index (κ2) is 31.0. The summed E-state index contributed by atoms with van der Waals surface area (Å²) < 4.78 is 35.0. The number of amides is 1. The highest BCUT2D eigenvalue weighted by Gasteiger charge is 2.47. The highest BCUT2D eigenvalue weighted by atomic mass is 16.6. The molecule has 2 aliphatic heterocycles. The van der Waals surface area contributed by atoms with E-state index in [2.05, 4.69) is 0 Å². The topological polar surface area (TPSA) is 205 Å². The van der Waals surface area contributed by atoms with Crippen molar-refractivity contribution in [2.45, 2.75) is 181 Å². The first-order chi connectivity index (χ1) is 32.2. The lowest BCUT2D eigenvalue weighted by atomic mass is 9.84. The molecular formula is C53H87NO14. The number of rotatable bonds is 15. The number of hydrogen-bond acceptors (Lipinski definition) is 14. The standard InChI is InChI=1S/C53H87NO14/c1-13-40(30-42(63-10)33-66-26-25-55)29-37(7)46-32-44(56)36(6)28-39(9)48(58)49(65-12)47(57)38(8)27-34(4)21-17-16-18-22-35(5)45(64-11)31-41(14-2)68-53(62,15-3)50(59)51(60)54-24-20-19-23-43(54)52(61)67-46/h16-18,21-22,28,34,37-43,45-46,48-49,55,58,62H,13-15,19-20,23-27,29-33H2,1-12H3/b18-16?,21-17?,35-22?,36-28-/t34-,37+,38-,39?,40+,41?,42+,43+,45?,46?,48-,49?,53?/m1/s1. The van der Waals surface area contributed by atoms with Gasteiger partial charge in [-0.25, -0.2) is 4.79 Å². The van der Waals surface area contributed by atoms with Crippen LogP contribution in [0, 0.1) is 29.6 Å². The summed E-state index contributed by atoms with van der Waals surface area (Å²) in [6.45, 7) is 16.8. The molecule has 0 aromatic carbocycles. The van der Waals surface area contributed by atoms with Crippen molar-refractivity contribution in [3.8, 4) is 0 Å². The molecule has 6 unspecified atom stereocenters. The van der Waals surface area contributed by atoms with Gasteiger partial charge in [-0.2, -0.15) is 0 Å². The zero-order chi connectivity index (χ0) is 51.1. The summed E-state index contributed by atoms with van der Waals surface area (Å²) in [6, 6.07) is -1.16. The first kappa shape index (κ1) is 60.7. The van der Waals surface area contributed by atoms with Gasteiger partial charge in [0.2, 0.25) is 5.79 Å². The van der Waals surface area contributed by atoms with Gasteiger partial charge in [-0.3, -0.25) is 19.2 Å². The summed E-state index contributed by atoms with van der Waals surface area (Å²) in [7, 11) is 4.54. The van der Waals surface area contributed by atoms with Crippen molar-refractivity contribution in [3.05, 3.63) is 47.6 Å². The van der Waals surface area contributed by atoms with Crippen molar-refractivity contribution in [1.82, 2.24) is 4.90 Å². The number of hydrogen-bond donors (Lipinski definition) is 3. The molecule has 68 heavy (non-hydrogen) atoms. The molecule has 3 N–H and O–H groups in total. The van der Waals surface area contributed by atoms with Crippen LogP contribution in [-0.2, 0) is 52.4 Å². The minimum Gasteiger partial charge on any atom is -0.460 e. The predicted molar refractivity (Wildman–Crippen MR) is 260 cm³/mol. The van der Waals surface area contributed by atoms with Gasteiger partial charge < -0.3 is 48.6 Å². The van der Waals surface area contributed by atoms with Crippen LogP contribution in [0.2, 0.25) is 0 Å². The molecule has 0 saturated carbocycles. The number of carbonyl (C=O) groups is 5.